The molecule has 0 aromatic rings. The second-order valence-electron chi connectivity index (χ2n) is 3.87. The molecular formula is C9H14N2O3. The lowest BCUT2D eigenvalue weighted by atomic mass is 10.1. The van der Waals surface area contributed by atoms with Crippen LogP contribution in [-0.2, 0) is 9.59 Å². The van der Waals surface area contributed by atoms with Crippen molar-refractivity contribution in [3.8, 4) is 0 Å². The van der Waals surface area contributed by atoms with E-state index < -0.39 is 0 Å². The Balaban J connectivity index is 1.79. The number of carbonyl (C=O) groups is 2. The lowest BCUT2D eigenvalue weighted by Gasteiger charge is -2.36. The van der Waals surface area contributed by atoms with Crippen molar-refractivity contribution in [1.82, 2.24) is 9.80 Å². The Kier molecular flexibility index (Phi) is 2.41. The van der Waals surface area contributed by atoms with Crippen LogP contribution >= 0.6 is 0 Å². The summed E-state index contributed by atoms with van der Waals surface area (Å²) in [5, 5.41) is 9.01. The van der Waals surface area contributed by atoms with Gasteiger partial charge in [0.15, 0.2) is 0 Å². The molecule has 0 atom stereocenters. The van der Waals surface area contributed by atoms with Crippen molar-refractivity contribution in [3.63, 3.8) is 0 Å². The smallest absolute Gasteiger partial charge is 0.242 e. The highest BCUT2D eigenvalue weighted by Crippen LogP contribution is 2.12. The van der Waals surface area contributed by atoms with E-state index in [-0.39, 0.29) is 24.5 Å². The van der Waals surface area contributed by atoms with Crippen LogP contribution in [-0.4, -0.2) is 59.0 Å². The van der Waals surface area contributed by atoms with Gasteiger partial charge in [0.2, 0.25) is 11.8 Å². The van der Waals surface area contributed by atoms with E-state index in [9.17, 15) is 9.59 Å². The van der Waals surface area contributed by atoms with Crippen LogP contribution in [0.1, 0.15) is 12.8 Å². The molecule has 0 bridgehead atoms. The molecule has 0 radical (unpaired) electrons. The van der Waals surface area contributed by atoms with Crippen LogP contribution in [0.5, 0.6) is 0 Å². The normalized spacial score (nSPS) is 22.8. The van der Waals surface area contributed by atoms with Gasteiger partial charge < -0.3 is 14.9 Å². The van der Waals surface area contributed by atoms with Gasteiger partial charge >= 0.3 is 0 Å². The summed E-state index contributed by atoms with van der Waals surface area (Å²) in [5.41, 5.74) is 0. The zero-order valence-corrected chi connectivity index (χ0v) is 7.98. The molecule has 1 N–H and O–H groups in total. The van der Waals surface area contributed by atoms with Crippen LogP contribution in [0.15, 0.2) is 0 Å². The Morgan fingerprint density at radius 1 is 1.50 bits per heavy atom. The Morgan fingerprint density at radius 2 is 2.21 bits per heavy atom. The van der Waals surface area contributed by atoms with Crippen LogP contribution in [0.4, 0.5) is 0 Å². The molecule has 0 aromatic carbocycles. The predicted octanol–water partition coefficient (Wildman–Crippen LogP) is -1.19. The molecule has 0 aromatic heterocycles. The average molecular weight is 198 g/mol. The molecule has 0 aliphatic carbocycles. The van der Waals surface area contributed by atoms with Gasteiger partial charge in [-0.3, -0.25) is 9.59 Å². The van der Waals surface area contributed by atoms with Crippen molar-refractivity contribution >= 4 is 11.8 Å². The standard InChI is InChI=1S/C9H14N2O3/c12-7-4-11(5-7)9(14)6-10-3-1-2-8(10)13/h7,12H,1-6H2. The third-order valence-electron chi connectivity index (χ3n) is 2.71. The minimum atomic E-state index is -0.367. The minimum Gasteiger partial charge on any atom is -0.389 e. The van der Waals surface area contributed by atoms with E-state index in [1.54, 1.807) is 9.80 Å². The Bertz CT molecular complexity index is 261. The van der Waals surface area contributed by atoms with Gasteiger partial charge in [-0.2, -0.15) is 0 Å². The quantitative estimate of drug-likeness (QED) is 0.607. The maximum Gasteiger partial charge on any atom is 0.242 e. The Labute approximate surface area is 82.3 Å². The molecule has 2 aliphatic rings. The SMILES string of the molecule is O=C1CCCN1CC(=O)N1CC(O)C1. The van der Waals surface area contributed by atoms with Crippen LogP contribution in [0.2, 0.25) is 0 Å². The van der Waals surface area contributed by atoms with Crippen molar-refractivity contribution in [2.45, 2.75) is 18.9 Å². The van der Waals surface area contributed by atoms with Gasteiger partial charge in [-0.05, 0) is 6.42 Å². The van der Waals surface area contributed by atoms with Gasteiger partial charge in [-0.15, -0.1) is 0 Å². The Hall–Kier alpha value is -1.10. The number of carbonyl (C=O) groups excluding carboxylic acids is 2. The zero-order valence-electron chi connectivity index (χ0n) is 7.98. The van der Waals surface area contributed by atoms with Crippen LogP contribution in [0, 0.1) is 0 Å². The fourth-order valence-electron chi connectivity index (χ4n) is 1.79. The summed E-state index contributed by atoms with van der Waals surface area (Å²) >= 11 is 0. The number of nitrogens with zero attached hydrogens (tertiary/aromatic N) is 2. The first-order valence-electron chi connectivity index (χ1n) is 4.90. The van der Waals surface area contributed by atoms with E-state index in [2.05, 4.69) is 0 Å². The maximum absolute atomic E-state index is 11.5. The van der Waals surface area contributed by atoms with Gasteiger partial charge in [0.05, 0.1) is 12.6 Å². The number of likely N-dealkylation sites (tertiary alicyclic amines) is 2. The molecule has 0 saturated carbocycles. The number of β-amino-alcohol motifs (C(OH)–C–C–N with tert-alkyl or cyclic N) is 1. The monoisotopic (exact) mass is 198 g/mol. The second kappa shape index (κ2) is 3.57. The van der Waals surface area contributed by atoms with E-state index in [4.69, 9.17) is 5.11 Å². The molecule has 5 heteroatoms. The van der Waals surface area contributed by atoms with Crippen molar-refractivity contribution < 1.29 is 14.7 Å². The molecule has 2 amide bonds. The van der Waals surface area contributed by atoms with E-state index in [0.29, 0.717) is 26.1 Å². The molecule has 0 unspecified atom stereocenters. The van der Waals surface area contributed by atoms with Gasteiger partial charge in [-0.25, -0.2) is 0 Å². The van der Waals surface area contributed by atoms with Crippen molar-refractivity contribution in [2.24, 2.45) is 0 Å². The lowest BCUT2D eigenvalue weighted by Crippen LogP contribution is -2.56. The first kappa shape index (κ1) is 9.45. The molecule has 5 nitrogen and oxygen atoms in total. The largest absolute Gasteiger partial charge is 0.389 e. The summed E-state index contributed by atoms with van der Waals surface area (Å²) in [4.78, 5) is 25.9. The number of hydrogen-bond donors (Lipinski definition) is 1. The highest BCUT2D eigenvalue weighted by atomic mass is 16.3. The Morgan fingerprint density at radius 3 is 2.71 bits per heavy atom. The molecule has 78 valence electrons. The molecule has 14 heavy (non-hydrogen) atoms. The third-order valence-corrected chi connectivity index (χ3v) is 2.71. The van der Waals surface area contributed by atoms with Crippen molar-refractivity contribution in [2.75, 3.05) is 26.2 Å². The zero-order chi connectivity index (χ0) is 10.1. The summed E-state index contributed by atoms with van der Waals surface area (Å²) in [6.07, 6.45) is 1.05. The molecule has 2 fully saturated rings. The number of rotatable bonds is 2. The number of aliphatic hydroxyl groups is 1. The number of aliphatic hydroxyl groups excluding tert-OH is 1. The van der Waals surface area contributed by atoms with E-state index in [1.807, 2.05) is 0 Å². The number of amides is 2. The first-order valence-corrected chi connectivity index (χ1v) is 4.90. The van der Waals surface area contributed by atoms with E-state index >= 15 is 0 Å². The van der Waals surface area contributed by atoms with Gasteiger partial charge in [0.25, 0.3) is 0 Å². The maximum atomic E-state index is 11.5. The summed E-state index contributed by atoms with van der Waals surface area (Å²) in [6, 6.07) is 0. The molecule has 2 saturated heterocycles. The third kappa shape index (κ3) is 1.72. The average Bonchev–Trinajstić information content (AvgIpc) is 2.46. The highest BCUT2D eigenvalue weighted by Gasteiger charge is 2.31. The summed E-state index contributed by atoms with van der Waals surface area (Å²) in [6.45, 7) is 1.72. The van der Waals surface area contributed by atoms with Crippen LogP contribution in [0.3, 0.4) is 0 Å². The fourth-order valence-corrected chi connectivity index (χ4v) is 1.79. The second-order valence-corrected chi connectivity index (χ2v) is 3.87. The minimum absolute atomic E-state index is 0.0504. The van der Waals surface area contributed by atoms with E-state index in [1.165, 1.54) is 0 Å². The summed E-state index contributed by atoms with van der Waals surface area (Å²) < 4.78 is 0. The predicted molar refractivity (Wildman–Crippen MR) is 48.4 cm³/mol. The first-order chi connectivity index (χ1) is 6.66. The van der Waals surface area contributed by atoms with Crippen LogP contribution < -0.4 is 0 Å². The molecule has 2 heterocycles. The molecule has 0 spiro atoms. The summed E-state index contributed by atoms with van der Waals surface area (Å²) in [5.74, 6) is 0.0185. The topological polar surface area (TPSA) is 60.9 Å². The molecule has 2 aliphatic heterocycles. The summed E-state index contributed by atoms with van der Waals surface area (Å²) in [7, 11) is 0. The number of hydrogen-bond acceptors (Lipinski definition) is 3. The molecular weight excluding hydrogens is 184 g/mol. The van der Waals surface area contributed by atoms with Crippen molar-refractivity contribution in [1.29, 1.82) is 0 Å². The fraction of sp³-hybridized carbons (Fsp3) is 0.778. The van der Waals surface area contributed by atoms with Crippen molar-refractivity contribution in [3.05, 3.63) is 0 Å². The van der Waals surface area contributed by atoms with Gasteiger partial charge in [0, 0.05) is 26.1 Å². The highest BCUT2D eigenvalue weighted by molar-refractivity contribution is 5.86. The van der Waals surface area contributed by atoms with Gasteiger partial charge in [-0.1, -0.05) is 0 Å². The lowest BCUT2D eigenvalue weighted by molar-refractivity contribution is -0.145. The van der Waals surface area contributed by atoms with Gasteiger partial charge in [0.1, 0.15) is 0 Å². The van der Waals surface area contributed by atoms with E-state index in [0.717, 1.165) is 6.42 Å². The molecule has 2 rings (SSSR count). The van der Waals surface area contributed by atoms with Crippen LogP contribution in [0.25, 0.3) is 0 Å².